The molecular formula is C19H32O3. The van der Waals surface area contributed by atoms with Crippen LogP contribution in [0.1, 0.15) is 84.0 Å². The number of carboxylic acids is 1. The van der Waals surface area contributed by atoms with Crippen molar-refractivity contribution in [3.8, 4) is 11.8 Å². The molecule has 0 heterocycles. The van der Waals surface area contributed by atoms with Gasteiger partial charge in [0.15, 0.2) is 0 Å². The molecule has 3 heteroatoms. The number of hydrogen-bond acceptors (Lipinski definition) is 2. The molecular weight excluding hydrogens is 276 g/mol. The monoisotopic (exact) mass is 308 g/mol. The summed E-state index contributed by atoms with van der Waals surface area (Å²) in [5.41, 5.74) is 0. The SMILES string of the molecule is CCCCCCCC[C@H]1CCC[C@@H]1OCCCC#CC(=O)O. The lowest BCUT2D eigenvalue weighted by Gasteiger charge is -2.20. The zero-order valence-corrected chi connectivity index (χ0v) is 14.1. The summed E-state index contributed by atoms with van der Waals surface area (Å²) in [6, 6.07) is 0. The molecule has 0 aliphatic heterocycles. The first-order chi connectivity index (χ1) is 10.7. The first-order valence-corrected chi connectivity index (χ1v) is 9.07. The van der Waals surface area contributed by atoms with Gasteiger partial charge in [0.25, 0.3) is 0 Å². The van der Waals surface area contributed by atoms with Gasteiger partial charge in [-0.1, -0.05) is 57.8 Å². The Morgan fingerprint density at radius 1 is 1.14 bits per heavy atom. The number of ether oxygens (including phenoxy) is 1. The summed E-state index contributed by atoms with van der Waals surface area (Å²) in [4.78, 5) is 10.3. The molecule has 0 bridgehead atoms. The summed E-state index contributed by atoms with van der Waals surface area (Å²) in [5.74, 6) is 4.49. The van der Waals surface area contributed by atoms with E-state index in [2.05, 4.69) is 18.8 Å². The van der Waals surface area contributed by atoms with E-state index in [1.807, 2.05) is 0 Å². The topological polar surface area (TPSA) is 46.5 Å². The minimum atomic E-state index is -1.05. The molecule has 0 aromatic rings. The number of carboxylic acid groups (broad SMARTS) is 1. The fourth-order valence-electron chi connectivity index (χ4n) is 3.27. The van der Waals surface area contributed by atoms with Crippen LogP contribution in [0.15, 0.2) is 0 Å². The maximum absolute atomic E-state index is 10.3. The van der Waals surface area contributed by atoms with Crippen LogP contribution in [0.4, 0.5) is 0 Å². The molecule has 3 nitrogen and oxygen atoms in total. The van der Waals surface area contributed by atoms with Gasteiger partial charge in [-0.15, -0.1) is 0 Å². The van der Waals surface area contributed by atoms with Crippen LogP contribution in [0.2, 0.25) is 0 Å². The molecule has 0 aromatic heterocycles. The van der Waals surface area contributed by atoms with E-state index in [-0.39, 0.29) is 0 Å². The fraction of sp³-hybridized carbons (Fsp3) is 0.842. The molecule has 0 saturated heterocycles. The summed E-state index contributed by atoms with van der Waals surface area (Å²) in [7, 11) is 0. The van der Waals surface area contributed by atoms with E-state index in [0.29, 0.717) is 19.1 Å². The Labute approximate surface area is 135 Å². The standard InChI is InChI=1S/C19H32O3/c1-2-3-4-5-6-8-12-17-13-11-14-18(17)22-16-10-7-9-15-19(20)21/h17-18H,2-8,10-14,16H2,1H3,(H,20,21)/t17-,18-/m0/s1. The van der Waals surface area contributed by atoms with Crippen molar-refractivity contribution in [3.63, 3.8) is 0 Å². The molecule has 1 saturated carbocycles. The molecule has 126 valence electrons. The van der Waals surface area contributed by atoms with Crippen LogP contribution in [0.5, 0.6) is 0 Å². The van der Waals surface area contributed by atoms with Gasteiger partial charge in [0.1, 0.15) is 0 Å². The van der Waals surface area contributed by atoms with Gasteiger partial charge in [0.2, 0.25) is 0 Å². The third-order valence-electron chi connectivity index (χ3n) is 4.49. The number of carbonyl (C=O) groups is 1. The van der Waals surface area contributed by atoms with Crippen LogP contribution in [0, 0.1) is 17.8 Å². The highest BCUT2D eigenvalue weighted by Crippen LogP contribution is 2.32. The summed E-state index contributed by atoms with van der Waals surface area (Å²) in [6.07, 6.45) is 15.2. The molecule has 1 N–H and O–H groups in total. The average Bonchev–Trinajstić information content (AvgIpc) is 2.93. The van der Waals surface area contributed by atoms with Crippen LogP contribution in [0.3, 0.4) is 0 Å². The molecule has 0 aromatic carbocycles. The van der Waals surface area contributed by atoms with Crippen molar-refractivity contribution in [2.24, 2.45) is 5.92 Å². The Balaban J connectivity index is 2.05. The average molecular weight is 308 g/mol. The van der Waals surface area contributed by atoms with Crippen LogP contribution in [-0.2, 0) is 9.53 Å². The van der Waals surface area contributed by atoms with E-state index in [0.717, 1.165) is 12.3 Å². The van der Waals surface area contributed by atoms with Gasteiger partial charge < -0.3 is 9.84 Å². The van der Waals surface area contributed by atoms with Crippen molar-refractivity contribution < 1.29 is 14.6 Å². The summed E-state index contributed by atoms with van der Waals surface area (Å²) in [5, 5.41) is 8.42. The molecule has 0 amide bonds. The lowest BCUT2D eigenvalue weighted by molar-refractivity contribution is -0.130. The highest BCUT2D eigenvalue weighted by atomic mass is 16.5. The zero-order chi connectivity index (χ0) is 16.0. The number of hydrogen-bond donors (Lipinski definition) is 1. The lowest BCUT2D eigenvalue weighted by Crippen LogP contribution is -2.18. The zero-order valence-electron chi connectivity index (χ0n) is 14.1. The Kier molecular flexibility index (Phi) is 10.8. The molecule has 1 fully saturated rings. The van der Waals surface area contributed by atoms with E-state index in [4.69, 9.17) is 9.84 Å². The van der Waals surface area contributed by atoms with Crippen LogP contribution in [-0.4, -0.2) is 23.8 Å². The number of unbranched alkanes of at least 4 members (excludes halogenated alkanes) is 6. The highest BCUT2D eigenvalue weighted by molar-refractivity contribution is 5.86. The predicted octanol–water partition coefficient (Wildman–Crippen LogP) is 4.79. The van der Waals surface area contributed by atoms with E-state index >= 15 is 0 Å². The van der Waals surface area contributed by atoms with E-state index in [1.54, 1.807) is 0 Å². The highest BCUT2D eigenvalue weighted by Gasteiger charge is 2.27. The van der Waals surface area contributed by atoms with E-state index < -0.39 is 5.97 Å². The van der Waals surface area contributed by atoms with Gasteiger partial charge in [0, 0.05) is 18.9 Å². The number of aliphatic carboxylic acids is 1. The Hall–Kier alpha value is -1.01. The van der Waals surface area contributed by atoms with Crippen molar-refractivity contribution >= 4 is 5.97 Å². The molecule has 1 rings (SSSR count). The van der Waals surface area contributed by atoms with Gasteiger partial charge in [-0.3, -0.25) is 0 Å². The Morgan fingerprint density at radius 3 is 2.68 bits per heavy atom. The number of rotatable bonds is 11. The Bertz CT molecular complexity index is 353. The smallest absolute Gasteiger partial charge is 0.381 e. The molecule has 1 aliphatic rings. The third-order valence-corrected chi connectivity index (χ3v) is 4.49. The summed E-state index contributed by atoms with van der Waals surface area (Å²) < 4.78 is 6.00. The van der Waals surface area contributed by atoms with Gasteiger partial charge in [0.05, 0.1) is 6.10 Å². The van der Waals surface area contributed by atoms with Crippen molar-refractivity contribution in [1.82, 2.24) is 0 Å². The van der Waals surface area contributed by atoms with Crippen molar-refractivity contribution in [1.29, 1.82) is 0 Å². The van der Waals surface area contributed by atoms with E-state index in [1.165, 1.54) is 64.2 Å². The van der Waals surface area contributed by atoms with Gasteiger partial charge in [-0.05, 0) is 31.6 Å². The first kappa shape index (κ1) is 19.0. The largest absolute Gasteiger partial charge is 0.472 e. The summed E-state index contributed by atoms with van der Waals surface area (Å²) in [6.45, 7) is 2.97. The van der Waals surface area contributed by atoms with Crippen LogP contribution < -0.4 is 0 Å². The van der Waals surface area contributed by atoms with Crippen molar-refractivity contribution in [3.05, 3.63) is 0 Å². The molecule has 0 unspecified atom stereocenters. The maximum Gasteiger partial charge on any atom is 0.381 e. The first-order valence-electron chi connectivity index (χ1n) is 9.07. The van der Waals surface area contributed by atoms with Crippen LogP contribution in [0.25, 0.3) is 0 Å². The van der Waals surface area contributed by atoms with Gasteiger partial charge >= 0.3 is 5.97 Å². The van der Waals surface area contributed by atoms with Crippen molar-refractivity contribution in [2.45, 2.75) is 90.1 Å². The van der Waals surface area contributed by atoms with E-state index in [9.17, 15) is 4.79 Å². The third kappa shape index (κ3) is 9.10. The Morgan fingerprint density at radius 2 is 1.91 bits per heavy atom. The minimum absolute atomic E-state index is 0.433. The van der Waals surface area contributed by atoms with Gasteiger partial charge in [-0.2, -0.15) is 0 Å². The molecule has 2 atom stereocenters. The second-order valence-electron chi connectivity index (χ2n) is 6.37. The second kappa shape index (κ2) is 12.5. The molecule has 1 aliphatic carbocycles. The fourth-order valence-corrected chi connectivity index (χ4v) is 3.27. The lowest BCUT2D eigenvalue weighted by atomic mass is 9.97. The van der Waals surface area contributed by atoms with Gasteiger partial charge in [-0.25, -0.2) is 4.79 Å². The normalized spacial score (nSPS) is 20.6. The molecule has 0 radical (unpaired) electrons. The van der Waals surface area contributed by atoms with Crippen LogP contribution >= 0.6 is 0 Å². The minimum Gasteiger partial charge on any atom is -0.472 e. The predicted molar refractivity (Wildman–Crippen MR) is 89.7 cm³/mol. The molecule has 22 heavy (non-hydrogen) atoms. The maximum atomic E-state index is 10.3. The molecule has 0 spiro atoms. The second-order valence-corrected chi connectivity index (χ2v) is 6.37. The summed E-state index contributed by atoms with van der Waals surface area (Å²) >= 11 is 0. The van der Waals surface area contributed by atoms with Crippen molar-refractivity contribution in [2.75, 3.05) is 6.61 Å². The quantitative estimate of drug-likeness (QED) is 0.441.